The molecule has 0 saturated heterocycles. The Bertz CT molecular complexity index is 1710. The summed E-state index contributed by atoms with van der Waals surface area (Å²) in [5.74, 6) is -0.163. The lowest BCUT2D eigenvalue weighted by atomic mass is 10.1. The number of benzene rings is 3. The van der Waals surface area contributed by atoms with E-state index in [0.29, 0.717) is 29.2 Å². The molecule has 206 valence electrons. The molecule has 40 heavy (non-hydrogen) atoms. The van der Waals surface area contributed by atoms with E-state index in [4.69, 9.17) is 14.6 Å². The van der Waals surface area contributed by atoms with Crippen LogP contribution in [-0.4, -0.2) is 55.5 Å². The lowest BCUT2D eigenvalue weighted by molar-refractivity contribution is -0.112. The van der Waals surface area contributed by atoms with Crippen molar-refractivity contribution in [3.63, 3.8) is 0 Å². The van der Waals surface area contributed by atoms with Crippen LogP contribution in [0.5, 0.6) is 0 Å². The number of sulfonamides is 1. The fourth-order valence-electron chi connectivity index (χ4n) is 4.51. The van der Waals surface area contributed by atoms with E-state index >= 15 is 0 Å². The Morgan fingerprint density at radius 1 is 1.02 bits per heavy atom. The van der Waals surface area contributed by atoms with Crippen LogP contribution >= 0.6 is 0 Å². The Morgan fingerprint density at radius 2 is 1.75 bits per heavy atom. The third-order valence-electron chi connectivity index (χ3n) is 6.39. The molecule has 1 aliphatic heterocycles. The predicted molar refractivity (Wildman–Crippen MR) is 149 cm³/mol. The van der Waals surface area contributed by atoms with Gasteiger partial charge in [0.25, 0.3) is 5.91 Å². The molecule has 1 aliphatic rings. The van der Waals surface area contributed by atoms with Crippen LogP contribution in [0.3, 0.4) is 0 Å². The molecule has 11 nitrogen and oxygen atoms in total. The molecule has 0 saturated carbocycles. The number of para-hydroxylation sites is 3. The summed E-state index contributed by atoms with van der Waals surface area (Å²) in [5.41, 5.74) is 4.24. The molecule has 2 heterocycles. The first-order chi connectivity index (χ1) is 19.2. The SMILES string of the molecule is COC(=O)c1ccc(CON=C2C(=O)N(Cc3nc4ccccc4n3CCNS(C)(=O)=O)c3ccccc32)cc1. The molecule has 5 rings (SSSR count). The zero-order valence-electron chi connectivity index (χ0n) is 21.9. The largest absolute Gasteiger partial charge is 0.465 e. The topological polar surface area (TPSA) is 132 Å². The number of rotatable bonds is 10. The number of nitrogens with one attached hydrogen (secondary N) is 1. The van der Waals surface area contributed by atoms with Gasteiger partial charge in [-0.1, -0.05) is 47.6 Å². The Morgan fingerprint density at radius 3 is 2.50 bits per heavy atom. The van der Waals surface area contributed by atoms with Gasteiger partial charge in [0, 0.05) is 18.7 Å². The van der Waals surface area contributed by atoms with Gasteiger partial charge in [0.2, 0.25) is 10.0 Å². The average Bonchev–Trinajstić information content (AvgIpc) is 3.42. The molecule has 1 N–H and O–H groups in total. The maximum atomic E-state index is 13.6. The first kappa shape index (κ1) is 27.0. The summed E-state index contributed by atoms with van der Waals surface area (Å²) in [6, 6.07) is 21.6. The van der Waals surface area contributed by atoms with Gasteiger partial charge in [0.1, 0.15) is 12.4 Å². The second-order valence-electron chi connectivity index (χ2n) is 9.15. The lowest BCUT2D eigenvalue weighted by Crippen LogP contribution is -2.32. The minimum Gasteiger partial charge on any atom is -0.465 e. The van der Waals surface area contributed by atoms with E-state index in [-0.39, 0.29) is 31.3 Å². The zero-order chi connectivity index (χ0) is 28.3. The molecule has 0 fully saturated rings. The van der Waals surface area contributed by atoms with Gasteiger partial charge in [0.15, 0.2) is 5.71 Å². The number of ether oxygens (including phenoxy) is 1. The molecule has 0 radical (unpaired) electrons. The van der Waals surface area contributed by atoms with E-state index in [2.05, 4.69) is 9.88 Å². The molecule has 0 unspecified atom stereocenters. The molecule has 4 aromatic rings. The minimum absolute atomic E-state index is 0.101. The highest BCUT2D eigenvalue weighted by molar-refractivity contribution is 7.88. The standard InChI is InChI=1S/C28H27N5O6S/c1-38-28(35)20-13-11-19(12-14-20)18-39-31-26-21-7-3-5-9-23(21)33(27(26)34)17-25-30-22-8-4-6-10-24(22)32(25)16-15-29-40(2,36)37/h3-14,29H,15-18H2,1-2H3. The molecule has 3 aromatic carbocycles. The smallest absolute Gasteiger partial charge is 0.337 e. The number of nitrogens with zero attached hydrogens (tertiary/aromatic N) is 4. The van der Waals surface area contributed by atoms with Crippen LogP contribution in [0, 0.1) is 0 Å². The van der Waals surface area contributed by atoms with Crippen molar-refractivity contribution >= 4 is 44.3 Å². The summed E-state index contributed by atoms with van der Waals surface area (Å²) < 4.78 is 32.3. The highest BCUT2D eigenvalue weighted by Gasteiger charge is 2.35. The second kappa shape index (κ2) is 11.3. The van der Waals surface area contributed by atoms with Crippen LogP contribution in [0.1, 0.15) is 27.3 Å². The number of aromatic nitrogens is 2. The molecule has 0 aliphatic carbocycles. The predicted octanol–water partition coefficient (Wildman–Crippen LogP) is 2.84. The molecular weight excluding hydrogens is 534 g/mol. The maximum absolute atomic E-state index is 13.6. The van der Waals surface area contributed by atoms with Crippen LogP contribution in [0.2, 0.25) is 0 Å². The normalized spacial score (nSPS) is 14.1. The summed E-state index contributed by atoms with van der Waals surface area (Å²) in [7, 11) is -2.04. The first-order valence-electron chi connectivity index (χ1n) is 12.4. The number of hydrogen-bond acceptors (Lipinski definition) is 8. The number of carbonyl (C=O) groups excluding carboxylic acids is 2. The Labute approximate surface area is 231 Å². The van der Waals surface area contributed by atoms with Gasteiger partial charge in [0.05, 0.1) is 42.2 Å². The molecular formula is C28H27N5O6S. The molecule has 0 bridgehead atoms. The highest BCUT2D eigenvalue weighted by Crippen LogP contribution is 2.31. The monoisotopic (exact) mass is 561 g/mol. The summed E-state index contributed by atoms with van der Waals surface area (Å²) in [6.07, 6.45) is 1.11. The maximum Gasteiger partial charge on any atom is 0.337 e. The number of oxime groups is 1. The fourth-order valence-corrected chi connectivity index (χ4v) is 4.98. The first-order valence-corrected chi connectivity index (χ1v) is 14.3. The highest BCUT2D eigenvalue weighted by atomic mass is 32.2. The summed E-state index contributed by atoms with van der Waals surface area (Å²) in [4.78, 5) is 37.1. The van der Waals surface area contributed by atoms with E-state index in [1.165, 1.54) is 7.11 Å². The minimum atomic E-state index is -3.36. The van der Waals surface area contributed by atoms with Crippen molar-refractivity contribution in [3.8, 4) is 0 Å². The van der Waals surface area contributed by atoms with E-state index in [9.17, 15) is 18.0 Å². The zero-order valence-corrected chi connectivity index (χ0v) is 22.7. The van der Waals surface area contributed by atoms with Crippen molar-refractivity contribution in [2.24, 2.45) is 5.16 Å². The molecule has 0 spiro atoms. The van der Waals surface area contributed by atoms with Gasteiger partial charge < -0.3 is 14.1 Å². The van der Waals surface area contributed by atoms with Gasteiger partial charge in [-0.25, -0.2) is 22.9 Å². The Balaban J connectivity index is 1.37. The Hall–Kier alpha value is -4.55. The van der Waals surface area contributed by atoms with E-state index in [1.54, 1.807) is 35.2 Å². The molecule has 12 heteroatoms. The van der Waals surface area contributed by atoms with Crippen molar-refractivity contribution in [1.82, 2.24) is 14.3 Å². The van der Waals surface area contributed by atoms with Crippen molar-refractivity contribution < 1.29 is 27.6 Å². The van der Waals surface area contributed by atoms with Gasteiger partial charge in [-0.15, -0.1) is 0 Å². The quantitative estimate of drug-likeness (QED) is 0.233. The summed E-state index contributed by atoms with van der Waals surface area (Å²) >= 11 is 0. The van der Waals surface area contributed by atoms with Crippen molar-refractivity contribution in [2.75, 3.05) is 24.8 Å². The van der Waals surface area contributed by atoms with Crippen molar-refractivity contribution in [3.05, 3.63) is 95.3 Å². The van der Waals surface area contributed by atoms with Crippen LogP contribution in [0.25, 0.3) is 11.0 Å². The molecule has 0 atom stereocenters. The number of imidazole rings is 1. The number of hydrogen-bond donors (Lipinski definition) is 1. The van der Waals surface area contributed by atoms with Gasteiger partial charge in [-0.2, -0.15) is 0 Å². The number of fused-ring (bicyclic) bond motifs is 2. The number of esters is 1. The van der Waals surface area contributed by atoms with Gasteiger partial charge in [-0.3, -0.25) is 9.69 Å². The van der Waals surface area contributed by atoms with Crippen molar-refractivity contribution in [2.45, 2.75) is 19.7 Å². The second-order valence-corrected chi connectivity index (χ2v) is 11.0. The number of amides is 1. The van der Waals surface area contributed by atoms with Gasteiger partial charge >= 0.3 is 5.97 Å². The summed E-state index contributed by atoms with van der Waals surface area (Å²) in [6.45, 7) is 0.768. The van der Waals surface area contributed by atoms with Crippen LogP contribution < -0.4 is 9.62 Å². The number of methoxy groups -OCH3 is 1. The van der Waals surface area contributed by atoms with E-state index < -0.39 is 16.0 Å². The van der Waals surface area contributed by atoms with Crippen LogP contribution in [-0.2, 0) is 44.1 Å². The fraction of sp³-hybridized carbons (Fsp3) is 0.214. The number of carbonyl (C=O) groups is 2. The van der Waals surface area contributed by atoms with Crippen LogP contribution in [0.15, 0.2) is 78.0 Å². The molecule has 1 aromatic heterocycles. The lowest BCUT2D eigenvalue weighted by Gasteiger charge is -2.18. The van der Waals surface area contributed by atoms with Crippen LogP contribution in [0.4, 0.5) is 5.69 Å². The number of anilines is 1. The average molecular weight is 562 g/mol. The summed E-state index contributed by atoms with van der Waals surface area (Å²) in [5, 5.41) is 4.18. The Kier molecular flexibility index (Phi) is 7.63. The third kappa shape index (κ3) is 5.72. The van der Waals surface area contributed by atoms with Crippen molar-refractivity contribution in [1.29, 1.82) is 0 Å². The van der Waals surface area contributed by atoms with Gasteiger partial charge in [-0.05, 0) is 35.9 Å². The van der Waals surface area contributed by atoms with E-state index in [0.717, 1.165) is 22.9 Å². The van der Waals surface area contributed by atoms with E-state index in [1.807, 2.05) is 47.0 Å². The molecule has 1 amide bonds. The third-order valence-corrected chi connectivity index (χ3v) is 7.12.